The van der Waals surface area contributed by atoms with E-state index in [1.807, 2.05) is 0 Å². The number of nitrogens with zero attached hydrogens (tertiary/aromatic N) is 3. The summed E-state index contributed by atoms with van der Waals surface area (Å²) in [5.74, 6) is -0.0340. The van der Waals surface area contributed by atoms with Crippen molar-refractivity contribution in [2.75, 3.05) is 19.8 Å². The first kappa shape index (κ1) is 14.0. The highest BCUT2D eigenvalue weighted by Gasteiger charge is 2.34. The third-order valence-electron chi connectivity index (χ3n) is 3.63. The van der Waals surface area contributed by atoms with Gasteiger partial charge in [0.25, 0.3) is 0 Å². The van der Waals surface area contributed by atoms with Gasteiger partial charge in [-0.05, 0) is 12.1 Å². The molecule has 8 heteroatoms. The van der Waals surface area contributed by atoms with Crippen LogP contribution in [0.2, 0.25) is 0 Å². The second kappa shape index (κ2) is 5.12. The van der Waals surface area contributed by atoms with Gasteiger partial charge in [0, 0.05) is 37.3 Å². The highest BCUT2D eigenvalue weighted by Crippen LogP contribution is 2.26. The molecule has 0 aromatic carbocycles. The molecular weight excluding hydrogens is 292 g/mol. The van der Waals surface area contributed by atoms with E-state index in [9.17, 15) is 13.2 Å². The molecule has 3 heterocycles. The quantitative estimate of drug-likeness (QED) is 0.907. The summed E-state index contributed by atoms with van der Waals surface area (Å²) in [5, 5.41) is 0.567. The Hall–Kier alpha value is -1.93. The lowest BCUT2D eigenvalue weighted by molar-refractivity contribution is -0.130. The Bertz CT molecular complexity index is 784. The largest absolute Gasteiger partial charge is 0.345 e. The average Bonchev–Trinajstić information content (AvgIpc) is 3.13. The fraction of sp³-hybridized carbons (Fsp3) is 0.385. The Morgan fingerprint density at radius 1 is 1.43 bits per heavy atom. The lowest BCUT2D eigenvalue weighted by Crippen LogP contribution is -2.33. The van der Waals surface area contributed by atoms with Gasteiger partial charge in [0.2, 0.25) is 15.9 Å². The number of nitrogens with one attached hydrogen (secondary N) is 1. The van der Waals surface area contributed by atoms with Crippen molar-refractivity contribution in [1.29, 1.82) is 0 Å². The average molecular weight is 308 g/mol. The third kappa shape index (κ3) is 2.30. The van der Waals surface area contributed by atoms with Crippen LogP contribution in [0.15, 0.2) is 29.4 Å². The first-order valence-electron chi connectivity index (χ1n) is 6.74. The number of hydrogen-bond donors (Lipinski definition) is 1. The van der Waals surface area contributed by atoms with Crippen LogP contribution < -0.4 is 0 Å². The maximum Gasteiger partial charge on any atom is 0.246 e. The molecular formula is C13H16N4O3S. The number of rotatable bonds is 3. The molecule has 1 saturated heterocycles. The number of sulfonamides is 1. The van der Waals surface area contributed by atoms with Crippen LogP contribution in [0.3, 0.4) is 0 Å². The van der Waals surface area contributed by atoms with Crippen LogP contribution in [0.1, 0.15) is 13.3 Å². The van der Waals surface area contributed by atoms with Gasteiger partial charge in [-0.3, -0.25) is 4.79 Å². The van der Waals surface area contributed by atoms with E-state index < -0.39 is 10.0 Å². The molecule has 0 radical (unpaired) electrons. The van der Waals surface area contributed by atoms with Gasteiger partial charge in [-0.25, -0.2) is 13.4 Å². The molecule has 1 fully saturated rings. The van der Waals surface area contributed by atoms with Gasteiger partial charge < -0.3 is 9.88 Å². The summed E-state index contributed by atoms with van der Waals surface area (Å²) in [4.78, 5) is 20.4. The third-order valence-corrected chi connectivity index (χ3v) is 5.51. The zero-order valence-corrected chi connectivity index (χ0v) is 12.4. The van der Waals surface area contributed by atoms with Crippen LogP contribution in [0.25, 0.3) is 11.0 Å². The van der Waals surface area contributed by atoms with Crippen LogP contribution >= 0.6 is 0 Å². The van der Waals surface area contributed by atoms with Crippen molar-refractivity contribution in [1.82, 2.24) is 19.2 Å². The van der Waals surface area contributed by atoms with Crippen LogP contribution in [0, 0.1) is 0 Å². The van der Waals surface area contributed by atoms with Gasteiger partial charge in [0.15, 0.2) is 0 Å². The Balaban J connectivity index is 1.93. The summed E-state index contributed by atoms with van der Waals surface area (Å²) in [6.07, 6.45) is 3.44. The van der Waals surface area contributed by atoms with E-state index in [-0.39, 0.29) is 17.5 Å². The minimum Gasteiger partial charge on any atom is -0.345 e. The molecule has 0 unspecified atom stereocenters. The van der Waals surface area contributed by atoms with Crippen LogP contribution in [0.5, 0.6) is 0 Å². The summed E-state index contributed by atoms with van der Waals surface area (Å²) in [6, 6.07) is 3.42. The number of carbonyl (C=O) groups is 1. The lowest BCUT2D eigenvalue weighted by atomic mass is 10.3. The van der Waals surface area contributed by atoms with Gasteiger partial charge >= 0.3 is 0 Å². The highest BCUT2D eigenvalue weighted by molar-refractivity contribution is 7.89. The van der Waals surface area contributed by atoms with E-state index in [1.54, 1.807) is 30.2 Å². The summed E-state index contributed by atoms with van der Waals surface area (Å²) >= 11 is 0. The lowest BCUT2D eigenvalue weighted by Gasteiger charge is -2.17. The van der Waals surface area contributed by atoms with Crippen molar-refractivity contribution in [2.24, 2.45) is 0 Å². The van der Waals surface area contributed by atoms with Crippen LogP contribution in [-0.4, -0.2) is 53.3 Å². The molecule has 3 rings (SSSR count). The number of hydrogen-bond acceptors (Lipinski definition) is 4. The molecule has 112 valence electrons. The Morgan fingerprint density at radius 2 is 2.24 bits per heavy atom. The minimum atomic E-state index is -3.63. The van der Waals surface area contributed by atoms with E-state index >= 15 is 0 Å². The number of H-pyrrole nitrogens is 1. The Labute approximate surface area is 122 Å². The smallest absolute Gasteiger partial charge is 0.246 e. The van der Waals surface area contributed by atoms with Gasteiger partial charge in [-0.15, -0.1) is 0 Å². The summed E-state index contributed by atoms with van der Waals surface area (Å²) < 4.78 is 26.7. The van der Waals surface area contributed by atoms with E-state index in [1.165, 1.54) is 10.5 Å². The van der Waals surface area contributed by atoms with Gasteiger partial charge in [-0.2, -0.15) is 4.31 Å². The topological polar surface area (TPSA) is 86.4 Å². The first-order valence-corrected chi connectivity index (χ1v) is 8.18. The molecule has 1 aliphatic heterocycles. The van der Waals surface area contributed by atoms with E-state index in [2.05, 4.69) is 9.97 Å². The van der Waals surface area contributed by atoms with Gasteiger partial charge in [0.05, 0.1) is 6.67 Å². The fourth-order valence-corrected chi connectivity index (χ4v) is 4.01. The van der Waals surface area contributed by atoms with Crippen molar-refractivity contribution < 1.29 is 13.2 Å². The number of aromatic amines is 1. The summed E-state index contributed by atoms with van der Waals surface area (Å²) in [5.41, 5.74) is 0.539. The van der Waals surface area contributed by atoms with Crippen LogP contribution in [-0.2, 0) is 14.8 Å². The van der Waals surface area contributed by atoms with E-state index in [0.29, 0.717) is 30.5 Å². The molecule has 1 amide bonds. The number of fused-ring (bicyclic) bond motifs is 1. The fourth-order valence-electron chi connectivity index (χ4n) is 2.47. The molecule has 1 N–H and O–H groups in total. The second-order valence-corrected chi connectivity index (χ2v) is 6.79. The molecule has 2 aromatic heterocycles. The molecule has 0 saturated carbocycles. The van der Waals surface area contributed by atoms with Crippen molar-refractivity contribution in [3.8, 4) is 0 Å². The first-order chi connectivity index (χ1) is 10.0. The van der Waals surface area contributed by atoms with Crippen LogP contribution in [0.4, 0.5) is 0 Å². The predicted molar refractivity (Wildman–Crippen MR) is 76.9 cm³/mol. The molecule has 21 heavy (non-hydrogen) atoms. The molecule has 0 atom stereocenters. The second-order valence-electron chi connectivity index (χ2n) is 4.89. The van der Waals surface area contributed by atoms with E-state index in [4.69, 9.17) is 0 Å². The standard InChI is InChI=1S/C13H16N4O3S/c1-2-12(18)16-6-7-17(9-16)21(19,20)11-8-15-13-10(11)4-3-5-14-13/h3-5,8H,2,6-7,9H2,1H3,(H,14,15). The van der Waals surface area contributed by atoms with E-state index in [0.717, 1.165) is 0 Å². The molecule has 0 spiro atoms. The number of carbonyl (C=O) groups excluding carboxylic acids is 1. The SMILES string of the molecule is CCC(=O)N1CCN(S(=O)(=O)c2c[nH]c3ncccc23)C1. The predicted octanol–water partition coefficient (Wildman–Crippen LogP) is 0.763. The highest BCUT2D eigenvalue weighted by atomic mass is 32.2. The maximum absolute atomic E-state index is 12.7. The molecule has 1 aliphatic rings. The molecule has 7 nitrogen and oxygen atoms in total. The van der Waals surface area contributed by atoms with Gasteiger partial charge in [0.1, 0.15) is 10.5 Å². The maximum atomic E-state index is 12.7. The van der Waals surface area contributed by atoms with Crippen molar-refractivity contribution >= 4 is 27.0 Å². The monoisotopic (exact) mass is 308 g/mol. The van der Waals surface area contributed by atoms with Crippen molar-refractivity contribution in [2.45, 2.75) is 18.2 Å². The number of aromatic nitrogens is 2. The molecule has 2 aromatic rings. The minimum absolute atomic E-state index is 0.0340. The Kier molecular flexibility index (Phi) is 3.42. The Morgan fingerprint density at radius 3 is 3.00 bits per heavy atom. The molecule has 0 aliphatic carbocycles. The normalized spacial score (nSPS) is 16.7. The summed E-state index contributed by atoms with van der Waals surface area (Å²) in [7, 11) is -3.63. The van der Waals surface area contributed by atoms with Crippen molar-refractivity contribution in [3.63, 3.8) is 0 Å². The van der Waals surface area contributed by atoms with Crippen molar-refractivity contribution in [3.05, 3.63) is 24.5 Å². The zero-order valence-electron chi connectivity index (χ0n) is 11.6. The number of amides is 1. The van der Waals surface area contributed by atoms with Gasteiger partial charge in [-0.1, -0.05) is 6.92 Å². The number of pyridine rings is 1. The zero-order chi connectivity index (χ0) is 15.0. The summed E-state index contributed by atoms with van der Waals surface area (Å²) in [6.45, 7) is 2.64. The molecule has 0 bridgehead atoms.